The Morgan fingerprint density at radius 1 is 1.07 bits per heavy atom. The molecule has 0 radical (unpaired) electrons. The molecule has 0 saturated heterocycles. The Morgan fingerprint density at radius 2 is 1.89 bits per heavy atom. The van der Waals surface area contributed by atoms with Crippen LogP contribution in [0.25, 0.3) is 5.69 Å². The molecular weight excluding hydrogens is 336 g/mol. The van der Waals surface area contributed by atoms with E-state index in [-0.39, 0.29) is 5.91 Å². The number of fused-ring (bicyclic) bond motifs is 1. The average Bonchev–Trinajstić information content (AvgIpc) is 3.34. The highest BCUT2D eigenvalue weighted by atomic mass is 16.2. The normalized spacial score (nSPS) is 18.0. The minimum absolute atomic E-state index is 0.0875. The fourth-order valence-corrected chi connectivity index (χ4v) is 3.89. The van der Waals surface area contributed by atoms with Crippen molar-refractivity contribution in [2.24, 2.45) is 0 Å². The summed E-state index contributed by atoms with van der Waals surface area (Å²) in [6.45, 7) is 5.92. The number of aryl methyl sites for hydroxylation is 1. The summed E-state index contributed by atoms with van der Waals surface area (Å²) in [4.78, 5) is 23.9. The minimum atomic E-state index is -0.556. The molecule has 136 valence electrons. The molecule has 0 atom stereocenters. The number of benzene rings is 1. The van der Waals surface area contributed by atoms with Gasteiger partial charge in [0.05, 0.1) is 28.8 Å². The van der Waals surface area contributed by atoms with Gasteiger partial charge >= 0.3 is 0 Å². The van der Waals surface area contributed by atoms with Crippen molar-refractivity contribution < 1.29 is 4.79 Å². The van der Waals surface area contributed by atoms with Crippen molar-refractivity contribution in [2.75, 3.05) is 4.90 Å². The Bertz CT molecular complexity index is 1060. The Balaban J connectivity index is 1.63. The lowest BCUT2D eigenvalue weighted by molar-refractivity contribution is -0.121. The van der Waals surface area contributed by atoms with Crippen LogP contribution in [0.5, 0.6) is 0 Å². The average molecular weight is 358 g/mol. The number of amides is 1. The van der Waals surface area contributed by atoms with Crippen LogP contribution < -0.4 is 4.90 Å². The Hall–Kier alpha value is -2.95. The lowest BCUT2D eigenvalue weighted by Crippen LogP contribution is -2.33. The summed E-state index contributed by atoms with van der Waals surface area (Å²) in [5.74, 6) is 0.710. The van der Waals surface area contributed by atoms with Gasteiger partial charge in [0.15, 0.2) is 0 Å². The number of nitrogens with zero attached hydrogens (tertiary/aromatic N) is 4. The molecule has 0 unspecified atom stereocenters. The van der Waals surface area contributed by atoms with Crippen LogP contribution in [0.1, 0.15) is 49.6 Å². The predicted molar refractivity (Wildman–Crippen MR) is 105 cm³/mol. The van der Waals surface area contributed by atoms with Crippen molar-refractivity contribution in [3.05, 3.63) is 66.0 Å². The summed E-state index contributed by atoms with van der Waals surface area (Å²) in [5, 5.41) is 0. The molecule has 1 amide bonds. The Kier molecular flexibility index (Phi) is 3.32. The van der Waals surface area contributed by atoms with Gasteiger partial charge < -0.3 is 4.57 Å². The van der Waals surface area contributed by atoms with Gasteiger partial charge in [0.25, 0.3) is 0 Å². The smallest absolute Gasteiger partial charge is 0.241 e. The highest BCUT2D eigenvalue weighted by Crippen LogP contribution is 2.46. The number of carbonyl (C=O) groups is 1. The fraction of sp³-hybridized carbons (Fsp3) is 0.318. The lowest BCUT2D eigenvalue weighted by Gasteiger charge is -2.20. The minimum Gasteiger partial charge on any atom is -0.306 e. The summed E-state index contributed by atoms with van der Waals surface area (Å²) in [6.07, 6.45) is 8.21. The zero-order valence-corrected chi connectivity index (χ0v) is 15.8. The van der Waals surface area contributed by atoms with Crippen LogP contribution in [0.15, 0.2) is 49.1 Å². The Labute approximate surface area is 158 Å². The first-order valence-electron chi connectivity index (χ1n) is 9.41. The zero-order chi connectivity index (χ0) is 18.8. The zero-order valence-electron chi connectivity index (χ0n) is 15.8. The molecule has 2 aliphatic rings. The van der Waals surface area contributed by atoms with Gasteiger partial charge in [-0.2, -0.15) is 0 Å². The SMILES string of the molecule is Cc1cc(N2C(=O)C(C)(C)c3ccc(-n4cnc(C5CC5)c4)cc32)ccn1. The van der Waals surface area contributed by atoms with Crippen LogP contribution in [0.4, 0.5) is 11.4 Å². The molecule has 2 aromatic heterocycles. The van der Waals surface area contributed by atoms with Crippen molar-refractivity contribution >= 4 is 17.3 Å². The van der Waals surface area contributed by atoms with Gasteiger partial charge in [0.2, 0.25) is 5.91 Å². The molecule has 0 spiro atoms. The number of hydrogen-bond donors (Lipinski definition) is 0. The quantitative estimate of drug-likeness (QED) is 0.697. The van der Waals surface area contributed by atoms with Gasteiger partial charge in [-0.3, -0.25) is 14.7 Å². The molecule has 1 aliphatic carbocycles. The summed E-state index contributed by atoms with van der Waals surface area (Å²) >= 11 is 0. The molecule has 5 nitrogen and oxygen atoms in total. The van der Waals surface area contributed by atoms with E-state index in [0.29, 0.717) is 5.92 Å². The van der Waals surface area contributed by atoms with Gasteiger partial charge in [-0.1, -0.05) is 6.07 Å². The third-order valence-corrected chi connectivity index (χ3v) is 5.67. The molecule has 1 fully saturated rings. The molecular formula is C22H22N4O. The number of rotatable bonds is 3. The fourth-order valence-electron chi connectivity index (χ4n) is 3.89. The maximum Gasteiger partial charge on any atom is 0.241 e. The van der Waals surface area contributed by atoms with Crippen molar-refractivity contribution in [3.63, 3.8) is 0 Å². The second kappa shape index (κ2) is 5.52. The van der Waals surface area contributed by atoms with E-state index in [1.54, 1.807) is 6.20 Å². The molecule has 1 saturated carbocycles. The first-order chi connectivity index (χ1) is 12.9. The topological polar surface area (TPSA) is 51.0 Å². The van der Waals surface area contributed by atoms with E-state index in [4.69, 9.17) is 0 Å². The van der Waals surface area contributed by atoms with Crippen molar-refractivity contribution in [1.29, 1.82) is 0 Å². The van der Waals surface area contributed by atoms with E-state index in [0.717, 1.165) is 34.0 Å². The monoisotopic (exact) mass is 358 g/mol. The largest absolute Gasteiger partial charge is 0.306 e. The maximum absolute atomic E-state index is 13.2. The number of carbonyl (C=O) groups excluding carboxylic acids is 1. The van der Waals surface area contributed by atoms with Gasteiger partial charge in [0.1, 0.15) is 0 Å². The number of hydrogen-bond acceptors (Lipinski definition) is 3. The molecule has 27 heavy (non-hydrogen) atoms. The van der Waals surface area contributed by atoms with E-state index in [2.05, 4.69) is 38.9 Å². The molecule has 5 rings (SSSR count). The molecule has 3 aromatic rings. The van der Waals surface area contributed by atoms with Crippen molar-refractivity contribution in [2.45, 2.75) is 44.9 Å². The van der Waals surface area contributed by atoms with Crippen molar-refractivity contribution in [3.8, 4) is 5.69 Å². The van der Waals surface area contributed by atoms with Crippen molar-refractivity contribution in [1.82, 2.24) is 14.5 Å². The number of aromatic nitrogens is 3. The molecule has 1 aliphatic heterocycles. The summed E-state index contributed by atoms with van der Waals surface area (Å²) in [5.41, 5.74) is 5.37. The first-order valence-corrected chi connectivity index (χ1v) is 9.41. The second-order valence-electron chi connectivity index (χ2n) is 8.10. The van der Waals surface area contributed by atoms with Gasteiger partial charge in [-0.05, 0) is 63.4 Å². The Morgan fingerprint density at radius 3 is 2.63 bits per heavy atom. The molecule has 0 bridgehead atoms. The third-order valence-electron chi connectivity index (χ3n) is 5.67. The van der Waals surface area contributed by atoms with Gasteiger partial charge in [-0.25, -0.2) is 4.98 Å². The molecule has 3 heterocycles. The number of pyridine rings is 1. The summed E-state index contributed by atoms with van der Waals surface area (Å²) in [7, 11) is 0. The van der Waals surface area contributed by atoms with E-state index in [1.807, 2.05) is 44.1 Å². The predicted octanol–water partition coefficient (Wildman–Crippen LogP) is 4.41. The maximum atomic E-state index is 13.2. The number of imidazole rings is 1. The lowest BCUT2D eigenvalue weighted by atomic mass is 9.86. The van der Waals surface area contributed by atoms with E-state index in [9.17, 15) is 4.79 Å². The van der Waals surface area contributed by atoms with E-state index >= 15 is 0 Å². The van der Waals surface area contributed by atoms with E-state index in [1.165, 1.54) is 12.8 Å². The highest BCUT2D eigenvalue weighted by Gasteiger charge is 2.44. The van der Waals surface area contributed by atoms with E-state index < -0.39 is 5.41 Å². The molecule has 0 N–H and O–H groups in total. The standard InChI is InChI=1S/C22H22N4O/c1-14-10-17(8-9-23-14)26-20-11-16(6-7-18(20)22(2,3)21(26)27)25-12-19(24-13-25)15-4-5-15/h6-13,15H,4-5H2,1-3H3. The first kappa shape index (κ1) is 16.2. The van der Waals surface area contributed by atoms with Gasteiger partial charge in [0, 0.05) is 29.7 Å². The van der Waals surface area contributed by atoms with Crippen LogP contribution in [-0.4, -0.2) is 20.4 Å². The third kappa shape index (κ3) is 2.49. The van der Waals surface area contributed by atoms with Gasteiger partial charge in [-0.15, -0.1) is 0 Å². The van der Waals surface area contributed by atoms with Crippen LogP contribution in [0.2, 0.25) is 0 Å². The molecule has 1 aromatic carbocycles. The highest BCUT2D eigenvalue weighted by molar-refractivity contribution is 6.12. The van der Waals surface area contributed by atoms with Crippen LogP contribution in [0.3, 0.4) is 0 Å². The summed E-state index contributed by atoms with van der Waals surface area (Å²) < 4.78 is 2.06. The summed E-state index contributed by atoms with van der Waals surface area (Å²) in [6, 6.07) is 10.1. The number of anilines is 2. The van der Waals surface area contributed by atoms with Crippen LogP contribution in [-0.2, 0) is 10.2 Å². The molecule has 5 heteroatoms. The van der Waals surface area contributed by atoms with Crippen LogP contribution in [0, 0.1) is 6.92 Å². The second-order valence-corrected chi connectivity index (χ2v) is 8.10. The van der Waals surface area contributed by atoms with Crippen LogP contribution >= 0.6 is 0 Å².